The number of hydrogen-bond acceptors (Lipinski definition) is 4. The lowest BCUT2D eigenvalue weighted by Crippen LogP contribution is -2.47. The number of hydrogen-bond donors (Lipinski definition) is 1. The van der Waals surface area contributed by atoms with Gasteiger partial charge in [0.25, 0.3) is 0 Å². The summed E-state index contributed by atoms with van der Waals surface area (Å²) in [6, 6.07) is 16.5. The van der Waals surface area contributed by atoms with Crippen LogP contribution in [0.25, 0.3) is 11.0 Å². The molecule has 1 aliphatic heterocycles. The molecule has 130 valence electrons. The molecule has 1 aromatic heterocycles. The Bertz CT molecular complexity index is 803. The van der Waals surface area contributed by atoms with E-state index in [2.05, 4.69) is 44.0 Å². The average Bonchev–Trinajstić information content (AvgIpc) is 3.10. The van der Waals surface area contributed by atoms with Crippen molar-refractivity contribution in [1.82, 2.24) is 14.9 Å². The summed E-state index contributed by atoms with van der Waals surface area (Å²) in [5.41, 5.74) is 3.37. The van der Waals surface area contributed by atoms with Crippen molar-refractivity contribution in [2.24, 2.45) is 0 Å². The second-order valence-corrected chi connectivity index (χ2v) is 6.45. The Morgan fingerprint density at radius 1 is 1.00 bits per heavy atom. The number of ether oxygens (including phenoxy) is 1. The topological polar surface area (TPSA) is 44.4 Å². The number of H-pyrrole nitrogens is 1. The van der Waals surface area contributed by atoms with E-state index in [4.69, 9.17) is 4.74 Å². The smallest absolute Gasteiger partial charge is 0.142 e. The predicted octanol–water partition coefficient (Wildman–Crippen LogP) is 2.94. The van der Waals surface area contributed by atoms with Gasteiger partial charge in [0.1, 0.15) is 11.6 Å². The molecular weight excluding hydrogens is 312 g/mol. The highest BCUT2D eigenvalue weighted by Crippen LogP contribution is 2.28. The highest BCUT2D eigenvalue weighted by molar-refractivity contribution is 5.74. The minimum atomic E-state index is 0.957. The number of aromatic nitrogens is 2. The Morgan fingerprint density at radius 3 is 2.56 bits per heavy atom. The molecule has 2 aromatic carbocycles. The highest BCUT2D eigenvalue weighted by Gasteiger charge is 2.19. The summed E-state index contributed by atoms with van der Waals surface area (Å²) in [6.45, 7) is 5.23. The highest BCUT2D eigenvalue weighted by atomic mass is 16.5. The van der Waals surface area contributed by atoms with Crippen LogP contribution in [0.1, 0.15) is 5.82 Å². The molecule has 4 rings (SSSR count). The van der Waals surface area contributed by atoms with E-state index >= 15 is 0 Å². The lowest BCUT2D eigenvalue weighted by molar-refractivity contribution is 0.259. The van der Waals surface area contributed by atoms with Crippen molar-refractivity contribution in [3.63, 3.8) is 0 Å². The van der Waals surface area contributed by atoms with Gasteiger partial charge in [0.05, 0.1) is 23.8 Å². The second-order valence-electron chi connectivity index (χ2n) is 6.45. The first-order valence-corrected chi connectivity index (χ1v) is 8.87. The van der Waals surface area contributed by atoms with Gasteiger partial charge in [-0.15, -0.1) is 0 Å². The van der Waals surface area contributed by atoms with Gasteiger partial charge in [-0.05, 0) is 24.3 Å². The molecule has 1 fully saturated rings. The molecule has 0 unspecified atom stereocenters. The third-order valence-electron chi connectivity index (χ3n) is 4.90. The number of nitrogens with zero attached hydrogens (tertiary/aromatic N) is 3. The molecule has 1 saturated heterocycles. The Hall–Kier alpha value is -2.53. The van der Waals surface area contributed by atoms with E-state index in [1.807, 2.05) is 24.3 Å². The van der Waals surface area contributed by atoms with Crippen LogP contribution in [0, 0.1) is 0 Å². The number of fused-ring (bicyclic) bond motifs is 1. The monoisotopic (exact) mass is 336 g/mol. The fourth-order valence-corrected chi connectivity index (χ4v) is 3.49. The third-order valence-corrected chi connectivity index (χ3v) is 4.90. The summed E-state index contributed by atoms with van der Waals surface area (Å²) in [4.78, 5) is 13.0. The molecule has 3 aromatic rings. The SMILES string of the molecule is COc1ccccc1N1CCN(CCc2nc3ccccc3[nH]2)CC1. The van der Waals surface area contributed by atoms with E-state index in [0.29, 0.717) is 0 Å². The largest absolute Gasteiger partial charge is 0.495 e. The van der Waals surface area contributed by atoms with E-state index in [1.165, 1.54) is 5.69 Å². The van der Waals surface area contributed by atoms with E-state index < -0.39 is 0 Å². The fraction of sp³-hybridized carbons (Fsp3) is 0.350. The van der Waals surface area contributed by atoms with Crippen LogP contribution in [0.3, 0.4) is 0 Å². The average molecular weight is 336 g/mol. The van der Waals surface area contributed by atoms with Crippen LogP contribution in [0.2, 0.25) is 0 Å². The van der Waals surface area contributed by atoms with Gasteiger partial charge in [-0.2, -0.15) is 0 Å². The number of aromatic amines is 1. The number of piperazine rings is 1. The lowest BCUT2D eigenvalue weighted by atomic mass is 10.2. The minimum Gasteiger partial charge on any atom is -0.495 e. The maximum absolute atomic E-state index is 5.49. The molecule has 5 nitrogen and oxygen atoms in total. The number of imidazole rings is 1. The lowest BCUT2D eigenvalue weighted by Gasteiger charge is -2.36. The maximum Gasteiger partial charge on any atom is 0.142 e. The normalized spacial score (nSPS) is 15.6. The van der Waals surface area contributed by atoms with Crippen LogP contribution in [-0.2, 0) is 6.42 Å². The van der Waals surface area contributed by atoms with Crippen molar-refractivity contribution >= 4 is 16.7 Å². The standard InChI is InChI=1S/C20H24N4O/c1-25-19-9-5-4-8-18(19)24-14-12-23(13-15-24)11-10-20-21-16-6-2-3-7-17(16)22-20/h2-9H,10-15H2,1H3,(H,21,22). The Kier molecular flexibility index (Phi) is 4.57. The molecule has 0 spiro atoms. The third kappa shape index (κ3) is 3.46. The van der Waals surface area contributed by atoms with Gasteiger partial charge in [-0.3, -0.25) is 4.90 Å². The van der Waals surface area contributed by atoms with Gasteiger partial charge in [0.15, 0.2) is 0 Å². The van der Waals surface area contributed by atoms with Crippen molar-refractivity contribution in [1.29, 1.82) is 0 Å². The van der Waals surface area contributed by atoms with E-state index in [1.54, 1.807) is 7.11 Å². The number of anilines is 1. The molecule has 5 heteroatoms. The maximum atomic E-state index is 5.49. The van der Waals surface area contributed by atoms with E-state index in [9.17, 15) is 0 Å². The molecule has 0 bridgehead atoms. The summed E-state index contributed by atoms with van der Waals surface area (Å²) < 4.78 is 5.49. The van der Waals surface area contributed by atoms with Crippen molar-refractivity contribution in [3.8, 4) is 5.75 Å². The second kappa shape index (κ2) is 7.15. The zero-order chi connectivity index (χ0) is 17.1. The van der Waals surface area contributed by atoms with Crippen LogP contribution >= 0.6 is 0 Å². The van der Waals surface area contributed by atoms with Crippen molar-refractivity contribution in [2.45, 2.75) is 6.42 Å². The van der Waals surface area contributed by atoms with Gasteiger partial charge < -0.3 is 14.6 Å². The van der Waals surface area contributed by atoms with Crippen LogP contribution in [-0.4, -0.2) is 54.7 Å². The minimum absolute atomic E-state index is 0.957. The predicted molar refractivity (Wildman–Crippen MR) is 101 cm³/mol. The molecule has 25 heavy (non-hydrogen) atoms. The fourth-order valence-electron chi connectivity index (χ4n) is 3.49. The molecule has 0 aliphatic carbocycles. The first-order chi connectivity index (χ1) is 12.3. The van der Waals surface area contributed by atoms with Crippen LogP contribution in [0.15, 0.2) is 48.5 Å². The van der Waals surface area contributed by atoms with E-state index in [0.717, 1.165) is 61.8 Å². The number of rotatable bonds is 5. The number of benzene rings is 2. The van der Waals surface area contributed by atoms with Crippen molar-refractivity contribution in [3.05, 3.63) is 54.4 Å². The van der Waals surface area contributed by atoms with Crippen molar-refractivity contribution < 1.29 is 4.74 Å². The molecule has 2 heterocycles. The van der Waals surface area contributed by atoms with Gasteiger partial charge in [-0.1, -0.05) is 24.3 Å². The van der Waals surface area contributed by atoms with E-state index in [-0.39, 0.29) is 0 Å². The first-order valence-electron chi connectivity index (χ1n) is 8.87. The summed E-state index contributed by atoms with van der Waals surface area (Å²) in [5.74, 6) is 2.03. The molecule has 0 atom stereocenters. The number of para-hydroxylation sites is 4. The van der Waals surface area contributed by atoms with Crippen molar-refractivity contribution in [2.75, 3.05) is 44.7 Å². The first kappa shape index (κ1) is 16.0. The molecule has 0 radical (unpaired) electrons. The summed E-state index contributed by atoms with van der Waals surface area (Å²) in [7, 11) is 1.74. The van der Waals surface area contributed by atoms with Gasteiger partial charge in [0.2, 0.25) is 0 Å². The Labute approximate surface area is 148 Å². The van der Waals surface area contributed by atoms with Crippen LogP contribution < -0.4 is 9.64 Å². The summed E-state index contributed by atoms with van der Waals surface area (Å²) in [6.07, 6.45) is 0.962. The van der Waals surface area contributed by atoms with Crippen LogP contribution in [0.4, 0.5) is 5.69 Å². The zero-order valence-electron chi connectivity index (χ0n) is 14.6. The Morgan fingerprint density at radius 2 is 1.76 bits per heavy atom. The molecule has 0 saturated carbocycles. The molecule has 1 N–H and O–H groups in total. The summed E-state index contributed by atoms with van der Waals surface area (Å²) >= 11 is 0. The molecule has 1 aliphatic rings. The van der Waals surface area contributed by atoms with Gasteiger partial charge >= 0.3 is 0 Å². The Balaban J connectivity index is 1.33. The number of methoxy groups -OCH3 is 1. The van der Waals surface area contributed by atoms with Gasteiger partial charge in [-0.25, -0.2) is 4.98 Å². The molecule has 0 amide bonds. The molecular formula is C20H24N4O. The van der Waals surface area contributed by atoms with Crippen LogP contribution in [0.5, 0.6) is 5.75 Å². The van der Waals surface area contributed by atoms with Gasteiger partial charge in [0, 0.05) is 39.1 Å². The quantitative estimate of drug-likeness (QED) is 0.778. The number of nitrogens with one attached hydrogen (secondary N) is 1. The zero-order valence-corrected chi connectivity index (χ0v) is 14.6. The summed E-state index contributed by atoms with van der Waals surface area (Å²) in [5, 5.41) is 0.